The van der Waals surface area contributed by atoms with Crippen LogP contribution in [0.2, 0.25) is 0 Å². The molecule has 14 heavy (non-hydrogen) atoms. The maximum atomic E-state index is 9.98. The Balaban J connectivity index is 3.53. The number of phenols is 1. The van der Waals surface area contributed by atoms with E-state index in [4.69, 9.17) is 0 Å². The van der Waals surface area contributed by atoms with Crippen LogP contribution in [-0.4, -0.2) is 10.2 Å². The molecule has 0 saturated heterocycles. The van der Waals surface area contributed by atoms with Gasteiger partial charge in [0, 0.05) is 0 Å². The highest BCUT2D eigenvalue weighted by Crippen LogP contribution is 2.33. The summed E-state index contributed by atoms with van der Waals surface area (Å²) >= 11 is 0. The fraction of sp³-hybridized carbons (Fsp3) is 0.500. The monoisotopic (exact) mass is 194 g/mol. The fourth-order valence-electron chi connectivity index (χ4n) is 2.00. The van der Waals surface area contributed by atoms with Gasteiger partial charge in [0.05, 0.1) is 5.60 Å². The van der Waals surface area contributed by atoms with Crippen LogP contribution < -0.4 is 0 Å². The first kappa shape index (κ1) is 11.1. The van der Waals surface area contributed by atoms with E-state index in [2.05, 4.69) is 0 Å². The smallest absolute Gasteiger partial charge is 0.119 e. The van der Waals surface area contributed by atoms with Gasteiger partial charge in [-0.05, 0) is 62.9 Å². The van der Waals surface area contributed by atoms with Gasteiger partial charge in [0.15, 0.2) is 0 Å². The summed E-state index contributed by atoms with van der Waals surface area (Å²) in [6.45, 7) is 9.21. The van der Waals surface area contributed by atoms with Crippen molar-refractivity contribution < 1.29 is 10.2 Å². The molecule has 1 aromatic carbocycles. The molecule has 0 unspecified atom stereocenters. The Labute approximate surface area is 85.2 Å². The molecular formula is C12H18O2. The number of hydrogen-bond acceptors (Lipinski definition) is 2. The largest absolute Gasteiger partial charge is 0.508 e. The van der Waals surface area contributed by atoms with Gasteiger partial charge in [-0.1, -0.05) is 0 Å². The number of aromatic hydroxyl groups is 1. The highest BCUT2D eigenvalue weighted by Gasteiger charge is 2.22. The summed E-state index contributed by atoms with van der Waals surface area (Å²) in [7, 11) is 0. The molecule has 1 rings (SSSR count). The van der Waals surface area contributed by atoms with Gasteiger partial charge in [0.25, 0.3) is 0 Å². The maximum Gasteiger partial charge on any atom is 0.119 e. The highest BCUT2D eigenvalue weighted by molar-refractivity contribution is 5.49. The molecule has 78 valence electrons. The molecule has 0 heterocycles. The number of rotatable bonds is 1. The molecule has 0 aliphatic rings. The first-order valence-electron chi connectivity index (χ1n) is 4.77. The van der Waals surface area contributed by atoms with E-state index < -0.39 is 5.60 Å². The minimum atomic E-state index is -0.855. The third kappa shape index (κ3) is 1.75. The van der Waals surface area contributed by atoms with E-state index in [-0.39, 0.29) is 0 Å². The SMILES string of the molecule is Cc1cc(O)c(C)c(C)c1C(C)(C)O. The lowest BCUT2D eigenvalue weighted by atomic mass is 9.87. The van der Waals surface area contributed by atoms with Gasteiger partial charge < -0.3 is 10.2 Å². The molecule has 1 aromatic rings. The van der Waals surface area contributed by atoms with Crippen LogP contribution >= 0.6 is 0 Å². The lowest BCUT2D eigenvalue weighted by molar-refractivity contribution is 0.0771. The van der Waals surface area contributed by atoms with Crippen molar-refractivity contribution in [2.45, 2.75) is 40.2 Å². The predicted octanol–water partition coefficient (Wildman–Crippen LogP) is 2.54. The molecule has 0 atom stereocenters. The number of hydrogen-bond donors (Lipinski definition) is 2. The van der Waals surface area contributed by atoms with Crippen LogP contribution in [0.3, 0.4) is 0 Å². The number of benzene rings is 1. The Kier molecular flexibility index (Phi) is 2.59. The maximum absolute atomic E-state index is 9.98. The van der Waals surface area contributed by atoms with Gasteiger partial charge in [-0.25, -0.2) is 0 Å². The average molecular weight is 194 g/mol. The molecular weight excluding hydrogens is 176 g/mol. The Hall–Kier alpha value is -1.02. The summed E-state index contributed by atoms with van der Waals surface area (Å²) < 4.78 is 0. The zero-order valence-electron chi connectivity index (χ0n) is 9.47. The van der Waals surface area contributed by atoms with Crippen LogP contribution in [0.1, 0.15) is 36.1 Å². The van der Waals surface area contributed by atoms with E-state index in [1.165, 1.54) is 0 Å². The van der Waals surface area contributed by atoms with Gasteiger partial charge in [0.1, 0.15) is 5.75 Å². The van der Waals surface area contributed by atoms with E-state index >= 15 is 0 Å². The van der Waals surface area contributed by atoms with Crippen LogP contribution in [0.5, 0.6) is 5.75 Å². The molecule has 0 bridgehead atoms. The number of aryl methyl sites for hydroxylation is 1. The third-order valence-corrected chi connectivity index (χ3v) is 2.68. The molecule has 0 radical (unpaired) electrons. The van der Waals surface area contributed by atoms with Crippen molar-refractivity contribution in [3.63, 3.8) is 0 Å². The number of aliphatic hydroxyl groups is 1. The van der Waals surface area contributed by atoms with E-state index in [1.807, 2.05) is 20.8 Å². The van der Waals surface area contributed by atoms with Crippen LogP contribution in [0.25, 0.3) is 0 Å². The fourth-order valence-corrected chi connectivity index (χ4v) is 2.00. The molecule has 2 heteroatoms. The minimum absolute atomic E-state index is 0.299. The summed E-state index contributed by atoms with van der Waals surface area (Å²) in [5, 5.41) is 19.6. The van der Waals surface area contributed by atoms with Gasteiger partial charge >= 0.3 is 0 Å². The zero-order valence-corrected chi connectivity index (χ0v) is 9.47. The second-order valence-corrected chi connectivity index (χ2v) is 4.40. The first-order chi connectivity index (χ1) is 6.25. The molecule has 0 fully saturated rings. The first-order valence-corrected chi connectivity index (χ1v) is 4.77. The number of phenolic OH excluding ortho intramolecular Hbond substituents is 1. The second kappa shape index (κ2) is 3.28. The van der Waals surface area contributed by atoms with Gasteiger partial charge in [-0.15, -0.1) is 0 Å². The lowest BCUT2D eigenvalue weighted by Gasteiger charge is -2.24. The molecule has 0 saturated carbocycles. The Morgan fingerprint density at radius 3 is 2.00 bits per heavy atom. The van der Waals surface area contributed by atoms with Gasteiger partial charge in [-0.3, -0.25) is 0 Å². The van der Waals surface area contributed by atoms with Crippen LogP contribution in [0.15, 0.2) is 6.07 Å². The van der Waals surface area contributed by atoms with E-state index in [1.54, 1.807) is 19.9 Å². The van der Waals surface area contributed by atoms with Crippen molar-refractivity contribution in [3.8, 4) is 5.75 Å². The molecule has 0 spiro atoms. The molecule has 0 amide bonds. The van der Waals surface area contributed by atoms with Crippen molar-refractivity contribution in [2.75, 3.05) is 0 Å². The second-order valence-electron chi connectivity index (χ2n) is 4.40. The van der Waals surface area contributed by atoms with Crippen molar-refractivity contribution >= 4 is 0 Å². The van der Waals surface area contributed by atoms with Crippen molar-refractivity contribution in [1.29, 1.82) is 0 Å². The van der Waals surface area contributed by atoms with Gasteiger partial charge in [-0.2, -0.15) is 0 Å². The quantitative estimate of drug-likeness (QED) is 0.721. The Bertz CT molecular complexity index is 360. The molecule has 0 aliphatic carbocycles. The minimum Gasteiger partial charge on any atom is -0.508 e. The molecule has 2 nitrogen and oxygen atoms in total. The third-order valence-electron chi connectivity index (χ3n) is 2.68. The van der Waals surface area contributed by atoms with Gasteiger partial charge in [0.2, 0.25) is 0 Å². The van der Waals surface area contributed by atoms with E-state index in [0.29, 0.717) is 5.75 Å². The summed E-state index contributed by atoms with van der Waals surface area (Å²) in [4.78, 5) is 0. The summed E-state index contributed by atoms with van der Waals surface area (Å²) in [6.07, 6.45) is 0. The summed E-state index contributed by atoms with van der Waals surface area (Å²) in [5.41, 5.74) is 2.79. The normalized spacial score (nSPS) is 11.9. The van der Waals surface area contributed by atoms with Crippen LogP contribution in [0, 0.1) is 20.8 Å². The predicted molar refractivity (Wildman–Crippen MR) is 57.6 cm³/mol. The van der Waals surface area contributed by atoms with E-state index in [9.17, 15) is 10.2 Å². The van der Waals surface area contributed by atoms with Crippen molar-refractivity contribution in [1.82, 2.24) is 0 Å². The highest BCUT2D eigenvalue weighted by atomic mass is 16.3. The molecule has 2 N–H and O–H groups in total. The van der Waals surface area contributed by atoms with Crippen LogP contribution in [-0.2, 0) is 5.60 Å². The van der Waals surface area contributed by atoms with Crippen LogP contribution in [0.4, 0.5) is 0 Å². The Morgan fingerprint density at radius 2 is 1.57 bits per heavy atom. The molecule has 0 aliphatic heterocycles. The standard InChI is InChI=1S/C12H18O2/c1-7-6-10(13)8(2)9(3)11(7)12(4,5)14/h6,13-14H,1-5H3. The van der Waals surface area contributed by atoms with Crippen molar-refractivity contribution in [2.24, 2.45) is 0 Å². The lowest BCUT2D eigenvalue weighted by Crippen LogP contribution is -2.19. The van der Waals surface area contributed by atoms with Crippen molar-refractivity contribution in [3.05, 3.63) is 28.3 Å². The van der Waals surface area contributed by atoms with E-state index in [0.717, 1.165) is 22.3 Å². The summed E-state index contributed by atoms with van der Waals surface area (Å²) in [6, 6.07) is 1.70. The molecule has 0 aromatic heterocycles. The zero-order chi connectivity index (χ0) is 11.1. The average Bonchev–Trinajstić information content (AvgIpc) is 1.97. The topological polar surface area (TPSA) is 40.5 Å². The Morgan fingerprint density at radius 1 is 1.07 bits per heavy atom. The summed E-state index contributed by atoms with van der Waals surface area (Å²) in [5.74, 6) is 0.299.